The molecule has 0 aliphatic heterocycles. The van der Waals surface area contributed by atoms with Crippen molar-refractivity contribution < 1.29 is 0 Å². The molecule has 0 radical (unpaired) electrons. The highest BCUT2D eigenvalue weighted by Crippen LogP contribution is 2.31. The highest BCUT2D eigenvalue weighted by Gasteiger charge is 2.23. The van der Waals surface area contributed by atoms with Crippen molar-refractivity contribution in [2.45, 2.75) is 103 Å². The molecule has 2 nitrogen and oxygen atoms in total. The Morgan fingerprint density at radius 1 is 0.872 bits per heavy atom. The maximum Gasteiger partial charge on any atom is 0.251 e. The summed E-state index contributed by atoms with van der Waals surface area (Å²) in [6.45, 7) is 4.59. The lowest BCUT2D eigenvalue weighted by atomic mass is 9.87. The van der Waals surface area contributed by atoms with Gasteiger partial charge in [0.2, 0.25) is 0 Å². The number of hydrogen-bond acceptors (Lipinski definition) is 1. The highest BCUT2D eigenvalue weighted by atomic mass is 16.1. The van der Waals surface area contributed by atoms with Gasteiger partial charge in [-0.25, -0.2) is 0 Å². The van der Waals surface area contributed by atoms with Crippen molar-refractivity contribution in [1.29, 1.82) is 0 Å². The van der Waals surface area contributed by atoms with Crippen molar-refractivity contribution in [3.63, 3.8) is 0 Å². The fourth-order valence-corrected chi connectivity index (χ4v) is 6.70. The lowest BCUT2D eigenvalue weighted by molar-refractivity contribution is 0.467. The average Bonchev–Trinajstić information content (AvgIpc) is 2.96. The summed E-state index contributed by atoms with van der Waals surface area (Å²) in [5, 5.41) is 2.29. The van der Waals surface area contributed by atoms with Crippen LogP contribution in [0.4, 0.5) is 0 Å². The van der Waals surface area contributed by atoms with Crippen LogP contribution in [-0.2, 0) is 12.8 Å². The quantitative estimate of drug-likeness (QED) is 0.251. The minimum absolute atomic E-state index is 0.117. The molecule has 0 fully saturated rings. The van der Waals surface area contributed by atoms with Gasteiger partial charge in [-0.15, -0.1) is 0 Å². The molecule has 0 saturated carbocycles. The topological polar surface area (TPSA) is 22.0 Å². The summed E-state index contributed by atoms with van der Waals surface area (Å²) in [6.07, 6.45) is 20.7. The van der Waals surface area contributed by atoms with Gasteiger partial charge in [-0.05, 0) is 97.2 Å². The Morgan fingerprint density at radius 3 is 2.54 bits per heavy atom. The smallest absolute Gasteiger partial charge is 0.251 e. The second-order valence-corrected chi connectivity index (χ2v) is 11.6. The second kappa shape index (κ2) is 13.3. The van der Waals surface area contributed by atoms with E-state index in [9.17, 15) is 4.79 Å². The van der Waals surface area contributed by atoms with Gasteiger partial charge in [0, 0.05) is 11.4 Å². The Morgan fingerprint density at radius 2 is 1.72 bits per heavy atom. The van der Waals surface area contributed by atoms with E-state index in [0.29, 0.717) is 5.92 Å². The van der Waals surface area contributed by atoms with E-state index in [0.717, 1.165) is 50.3 Å². The Hall–Kier alpha value is -3.13. The van der Waals surface area contributed by atoms with Crippen LogP contribution in [0.2, 0.25) is 0 Å². The summed E-state index contributed by atoms with van der Waals surface area (Å²) in [7, 11) is 0. The molecule has 2 aliphatic rings. The van der Waals surface area contributed by atoms with Crippen LogP contribution >= 0.6 is 0 Å². The minimum Gasteiger partial charge on any atom is -0.301 e. The molecule has 0 saturated heterocycles. The molecular weight excluding hydrogens is 474 g/mol. The number of nitrogens with zero attached hydrogens (tertiary/aromatic N) is 1. The SMILES string of the molecule is CCCCC(CCC)c1ccc(CCC2=CCC=c3ccc(=O)n(C4CCCc5ccccc54)c3=CC2)cc1. The zero-order chi connectivity index (χ0) is 27.0. The molecular formula is C37H45NO. The molecule has 0 amide bonds. The second-order valence-electron chi connectivity index (χ2n) is 11.6. The van der Waals surface area contributed by atoms with Crippen molar-refractivity contribution in [2.24, 2.45) is 0 Å². The number of hydrogen-bond donors (Lipinski definition) is 0. The summed E-state index contributed by atoms with van der Waals surface area (Å²) in [5.74, 6) is 0.705. The standard InChI is InChI=1S/C37H45NO/c1-3-5-12-30(10-4-2)31-23-20-29(21-24-31)19-18-28-11-8-15-33-25-27-37(39)38(35(33)26-22-28)36-17-9-14-32-13-6-7-16-34(32)36/h6-7,11,13,15-16,20-21,23-27,30,36H,3-5,8-10,12,14,17-19,22H2,1-2H3. The first-order chi connectivity index (χ1) is 19.2. The Balaban J connectivity index is 1.33. The normalized spacial score (nSPS) is 17.5. The fraction of sp³-hybridized carbons (Fsp3) is 0.432. The van der Waals surface area contributed by atoms with Crippen LogP contribution in [0.15, 0.2) is 77.1 Å². The van der Waals surface area contributed by atoms with E-state index in [-0.39, 0.29) is 11.6 Å². The third-order valence-corrected chi connectivity index (χ3v) is 8.88. The third-order valence-electron chi connectivity index (χ3n) is 8.88. The molecule has 1 aromatic heterocycles. The van der Waals surface area contributed by atoms with Gasteiger partial charge in [-0.1, -0.05) is 105 Å². The summed E-state index contributed by atoms with van der Waals surface area (Å²) in [6, 6.07) is 22.1. The number of rotatable bonds is 10. The van der Waals surface area contributed by atoms with Crippen LogP contribution in [-0.4, -0.2) is 4.57 Å². The maximum absolute atomic E-state index is 13.3. The maximum atomic E-state index is 13.3. The van der Waals surface area contributed by atoms with Gasteiger partial charge in [-0.2, -0.15) is 0 Å². The monoisotopic (exact) mass is 519 g/mol. The molecule has 3 aromatic rings. The first kappa shape index (κ1) is 27.4. The lowest BCUT2D eigenvalue weighted by Gasteiger charge is -2.28. The van der Waals surface area contributed by atoms with Crippen molar-refractivity contribution in [1.82, 2.24) is 4.57 Å². The summed E-state index contributed by atoms with van der Waals surface area (Å²) in [4.78, 5) is 13.3. The van der Waals surface area contributed by atoms with Crippen LogP contribution in [0, 0.1) is 0 Å². The molecule has 1 heterocycles. The number of pyridine rings is 1. The number of benzene rings is 2. The predicted octanol–water partition coefficient (Wildman–Crippen LogP) is 7.76. The first-order valence-electron chi connectivity index (χ1n) is 15.4. The predicted molar refractivity (Wildman–Crippen MR) is 166 cm³/mol. The van der Waals surface area contributed by atoms with Gasteiger partial charge >= 0.3 is 0 Å². The highest BCUT2D eigenvalue weighted by molar-refractivity contribution is 5.39. The van der Waals surface area contributed by atoms with E-state index in [4.69, 9.17) is 0 Å². The Bertz CT molecular complexity index is 1460. The van der Waals surface area contributed by atoms with Crippen molar-refractivity contribution in [3.8, 4) is 0 Å². The van der Waals surface area contributed by atoms with Gasteiger partial charge in [0.1, 0.15) is 0 Å². The van der Waals surface area contributed by atoms with Gasteiger partial charge in [0.05, 0.1) is 6.04 Å². The lowest BCUT2D eigenvalue weighted by Crippen LogP contribution is -2.45. The summed E-state index contributed by atoms with van der Waals surface area (Å²) in [5.41, 5.74) is 7.25. The molecule has 0 bridgehead atoms. The molecule has 0 N–H and O–H groups in total. The third kappa shape index (κ3) is 6.55. The summed E-state index contributed by atoms with van der Waals surface area (Å²) < 4.78 is 2.09. The van der Waals surface area contributed by atoms with Crippen molar-refractivity contribution >= 4 is 12.2 Å². The largest absolute Gasteiger partial charge is 0.301 e. The fourth-order valence-electron chi connectivity index (χ4n) is 6.70. The first-order valence-corrected chi connectivity index (χ1v) is 15.4. The number of unbranched alkanes of at least 4 members (excludes halogenated alkanes) is 1. The van der Waals surface area contributed by atoms with Gasteiger partial charge in [0.15, 0.2) is 0 Å². The van der Waals surface area contributed by atoms with Crippen LogP contribution in [0.1, 0.15) is 112 Å². The zero-order valence-corrected chi connectivity index (χ0v) is 24.0. The molecule has 2 aliphatic carbocycles. The minimum atomic E-state index is 0.117. The molecule has 204 valence electrons. The van der Waals surface area contributed by atoms with E-state index in [1.165, 1.54) is 65.1 Å². The number of allylic oxidation sites excluding steroid dienone is 2. The van der Waals surface area contributed by atoms with E-state index in [1.807, 2.05) is 6.07 Å². The number of aryl methyl sites for hydroxylation is 2. The molecule has 5 rings (SSSR count). The van der Waals surface area contributed by atoms with Crippen LogP contribution in [0.3, 0.4) is 0 Å². The van der Waals surface area contributed by atoms with E-state index >= 15 is 0 Å². The Kier molecular flexibility index (Phi) is 9.35. The zero-order valence-electron chi connectivity index (χ0n) is 24.0. The Labute approximate surface area is 234 Å². The number of fused-ring (bicyclic) bond motifs is 2. The molecule has 0 spiro atoms. The van der Waals surface area contributed by atoms with E-state index in [1.54, 1.807) is 6.07 Å². The molecule has 2 aromatic carbocycles. The van der Waals surface area contributed by atoms with Gasteiger partial charge < -0.3 is 4.57 Å². The number of aromatic nitrogens is 1. The molecule has 2 unspecified atom stereocenters. The molecule has 2 atom stereocenters. The van der Waals surface area contributed by atoms with Crippen molar-refractivity contribution in [2.75, 3.05) is 0 Å². The van der Waals surface area contributed by atoms with Gasteiger partial charge in [0.25, 0.3) is 5.56 Å². The van der Waals surface area contributed by atoms with Crippen molar-refractivity contribution in [3.05, 3.63) is 115 Å². The van der Waals surface area contributed by atoms with E-state index < -0.39 is 0 Å². The van der Waals surface area contributed by atoms with E-state index in [2.05, 4.69) is 85.2 Å². The molecule has 39 heavy (non-hydrogen) atoms. The van der Waals surface area contributed by atoms with Crippen LogP contribution in [0.5, 0.6) is 0 Å². The van der Waals surface area contributed by atoms with Gasteiger partial charge in [-0.3, -0.25) is 4.79 Å². The summed E-state index contributed by atoms with van der Waals surface area (Å²) >= 11 is 0. The average molecular weight is 520 g/mol. The van der Waals surface area contributed by atoms with Crippen LogP contribution in [0.25, 0.3) is 12.2 Å². The van der Waals surface area contributed by atoms with Crippen LogP contribution < -0.4 is 16.1 Å². The molecule has 2 heteroatoms.